The maximum Gasteiger partial charge on any atom is 0.422 e. The average Bonchev–Trinajstić information content (AvgIpc) is 3.43. The molecule has 0 spiro atoms. The number of nitrogens with zero attached hydrogens (tertiary/aromatic N) is 4. The van der Waals surface area contributed by atoms with Gasteiger partial charge in [0.2, 0.25) is 0 Å². The van der Waals surface area contributed by atoms with Gasteiger partial charge in [0, 0.05) is 31.1 Å². The minimum absolute atomic E-state index is 0.00860. The second kappa shape index (κ2) is 16.8. The van der Waals surface area contributed by atoms with Gasteiger partial charge in [-0.15, -0.1) is 0 Å². The molecular weight excluding hydrogens is 757 g/mol. The Bertz CT molecular complexity index is 2130. The fourth-order valence-corrected chi connectivity index (χ4v) is 7.57. The number of aryl methyl sites for hydroxylation is 1. The van der Waals surface area contributed by atoms with Crippen molar-refractivity contribution >= 4 is 39.6 Å². The SMILES string of the molecule is CCNCCCc1c(F)ccc2cc(OCOC)cc(-c3c(C(=O)OC)cc4c(N5C[C@H]6CC[C@@H](C5)N6C(=O)OC(C)(C)C)nc(OCC(F)(F)F)nc4c3F)c12. The maximum atomic E-state index is 17.7. The highest BCUT2D eigenvalue weighted by Gasteiger charge is 2.45. The number of amides is 1. The highest BCUT2D eigenvalue weighted by molar-refractivity contribution is 6.10. The Hall–Kier alpha value is -5.03. The third kappa shape index (κ3) is 9.09. The molecule has 4 aromatic rings. The first kappa shape index (κ1) is 41.6. The normalized spacial score (nSPS) is 17.0. The van der Waals surface area contributed by atoms with Crippen molar-refractivity contribution in [1.29, 1.82) is 0 Å². The van der Waals surface area contributed by atoms with E-state index in [1.54, 1.807) is 36.6 Å². The van der Waals surface area contributed by atoms with Crippen LogP contribution < -0.4 is 19.7 Å². The lowest BCUT2D eigenvalue weighted by Gasteiger charge is -2.42. The largest absolute Gasteiger partial charge is 0.468 e. The number of carbonyl (C=O) groups is 2. The van der Waals surface area contributed by atoms with Gasteiger partial charge in [-0.25, -0.2) is 18.4 Å². The quantitative estimate of drug-likeness (QED) is 0.0623. The number of esters is 1. The average molecular weight is 804 g/mol. The third-order valence-corrected chi connectivity index (χ3v) is 9.83. The van der Waals surface area contributed by atoms with E-state index >= 15 is 8.78 Å². The molecule has 3 aromatic carbocycles. The fraction of sp³-hybridized carbons (Fsp3) is 0.500. The minimum Gasteiger partial charge on any atom is -0.468 e. The molecule has 2 fully saturated rings. The second-order valence-corrected chi connectivity index (χ2v) is 15.0. The van der Waals surface area contributed by atoms with Crippen LogP contribution in [-0.2, 0) is 20.6 Å². The van der Waals surface area contributed by atoms with Crippen LogP contribution in [0.2, 0.25) is 0 Å². The van der Waals surface area contributed by atoms with Crippen LogP contribution in [0, 0.1) is 11.6 Å². The Labute approximate surface area is 326 Å². The zero-order chi connectivity index (χ0) is 41.2. The molecule has 0 radical (unpaired) electrons. The molecule has 0 saturated carbocycles. The van der Waals surface area contributed by atoms with E-state index < -0.39 is 53.6 Å². The molecule has 0 aliphatic carbocycles. The number of carbonyl (C=O) groups excluding carboxylic acids is 2. The first-order chi connectivity index (χ1) is 27.0. The lowest BCUT2D eigenvalue weighted by atomic mass is 9.88. The van der Waals surface area contributed by atoms with Crippen molar-refractivity contribution in [3.8, 4) is 22.9 Å². The van der Waals surface area contributed by atoms with E-state index in [0.717, 1.165) is 7.11 Å². The number of methoxy groups -OCH3 is 2. The van der Waals surface area contributed by atoms with E-state index in [2.05, 4.69) is 15.3 Å². The molecule has 308 valence electrons. The van der Waals surface area contributed by atoms with Crippen molar-refractivity contribution in [1.82, 2.24) is 20.2 Å². The molecule has 2 bridgehead atoms. The maximum absolute atomic E-state index is 17.7. The lowest BCUT2D eigenvalue weighted by molar-refractivity contribution is -0.154. The van der Waals surface area contributed by atoms with Crippen LogP contribution in [0.5, 0.6) is 11.8 Å². The van der Waals surface area contributed by atoms with Crippen molar-refractivity contribution in [2.24, 2.45) is 0 Å². The van der Waals surface area contributed by atoms with Gasteiger partial charge in [0.25, 0.3) is 0 Å². The molecule has 0 unspecified atom stereocenters. The van der Waals surface area contributed by atoms with Crippen LogP contribution in [0.4, 0.5) is 32.6 Å². The van der Waals surface area contributed by atoms with Gasteiger partial charge in [0.15, 0.2) is 19.2 Å². The predicted molar refractivity (Wildman–Crippen MR) is 202 cm³/mol. The Kier molecular flexibility index (Phi) is 12.3. The van der Waals surface area contributed by atoms with E-state index in [0.29, 0.717) is 37.7 Å². The summed E-state index contributed by atoms with van der Waals surface area (Å²) in [6.07, 6.45) is -3.30. The molecule has 2 aliphatic heterocycles. The summed E-state index contributed by atoms with van der Waals surface area (Å²) in [4.78, 5) is 38.8. The standard InChI is InChI=1S/C40H46F5N5O7/c1-7-46-14-8-9-26-30(41)13-10-22-15-25(56-21-53-5)16-27(31(22)26)32-28(36(51)54-6)17-29-34(33(32)42)47-37(55-20-40(43,44)45)48-35(29)49-18-23-11-12-24(19-49)50(23)38(52)57-39(2,3)4/h10,13,15-17,23-24,46H,7-9,11-12,14,18-21H2,1-6H3/t23-,24+. The summed E-state index contributed by atoms with van der Waals surface area (Å²) in [5.74, 6) is -2.43. The van der Waals surface area contributed by atoms with E-state index in [1.807, 2.05) is 6.92 Å². The molecule has 1 amide bonds. The number of hydrogen-bond acceptors (Lipinski definition) is 11. The van der Waals surface area contributed by atoms with Crippen LogP contribution in [0.15, 0.2) is 30.3 Å². The van der Waals surface area contributed by atoms with Gasteiger partial charge in [-0.05, 0) is 106 Å². The van der Waals surface area contributed by atoms with Crippen LogP contribution in [-0.4, -0.2) is 105 Å². The van der Waals surface area contributed by atoms with Crippen molar-refractivity contribution in [2.75, 3.05) is 58.7 Å². The monoisotopic (exact) mass is 803 g/mol. The molecular formula is C40H46F5N5O7. The number of nitrogens with one attached hydrogen (secondary N) is 1. The van der Waals surface area contributed by atoms with Gasteiger partial charge < -0.3 is 33.9 Å². The van der Waals surface area contributed by atoms with Crippen LogP contribution in [0.25, 0.3) is 32.8 Å². The van der Waals surface area contributed by atoms with Gasteiger partial charge in [-0.3, -0.25) is 4.90 Å². The molecule has 2 aliphatic rings. The third-order valence-electron chi connectivity index (χ3n) is 9.83. The van der Waals surface area contributed by atoms with Crippen molar-refractivity contribution in [3.63, 3.8) is 0 Å². The van der Waals surface area contributed by atoms with Crippen molar-refractivity contribution in [2.45, 2.75) is 77.2 Å². The summed E-state index contributed by atoms with van der Waals surface area (Å²) in [5, 5.41) is 3.94. The predicted octanol–water partition coefficient (Wildman–Crippen LogP) is 7.57. The highest BCUT2D eigenvalue weighted by Crippen LogP contribution is 2.44. The number of rotatable bonds is 13. The van der Waals surface area contributed by atoms with Gasteiger partial charge in [-0.1, -0.05) is 13.0 Å². The Morgan fingerprint density at radius 2 is 1.70 bits per heavy atom. The molecule has 2 atom stereocenters. The van der Waals surface area contributed by atoms with E-state index in [4.69, 9.17) is 23.7 Å². The van der Waals surface area contributed by atoms with Gasteiger partial charge in [0.1, 0.15) is 28.5 Å². The summed E-state index contributed by atoms with van der Waals surface area (Å²) in [7, 11) is 2.53. The summed E-state index contributed by atoms with van der Waals surface area (Å²) in [6, 6.07) is 5.72. The number of aromatic nitrogens is 2. The van der Waals surface area contributed by atoms with Crippen LogP contribution in [0.3, 0.4) is 0 Å². The number of hydrogen-bond donors (Lipinski definition) is 1. The first-order valence-electron chi connectivity index (χ1n) is 18.7. The number of benzene rings is 3. The highest BCUT2D eigenvalue weighted by atomic mass is 19.4. The molecule has 17 heteroatoms. The fourth-order valence-electron chi connectivity index (χ4n) is 7.57. The zero-order valence-electron chi connectivity index (χ0n) is 32.6. The number of anilines is 1. The van der Waals surface area contributed by atoms with Crippen molar-refractivity contribution < 1.29 is 55.2 Å². The number of halogens is 5. The smallest absolute Gasteiger partial charge is 0.422 e. The van der Waals surface area contributed by atoms with Gasteiger partial charge in [0.05, 0.1) is 24.8 Å². The Balaban J connectivity index is 1.59. The number of ether oxygens (including phenoxy) is 5. The number of piperazine rings is 1. The molecule has 1 N–H and O–H groups in total. The first-order valence-corrected chi connectivity index (χ1v) is 18.7. The summed E-state index contributed by atoms with van der Waals surface area (Å²) < 4.78 is 101. The van der Waals surface area contributed by atoms with Gasteiger partial charge in [-0.2, -0.15) is 23.1 Å². The molecule has 6 rings (SSSR count). The molecule has 57 heavy (non-hydrogen) atoms. The number of fused-ring (bicyclic) bond motifs is 4. The summed E-state index contributed by atoms with van der Waals surface area (Å²) in [5.41, 5.74) is -1.52. The number of alkyl halides is 3. The van der Waals surface area contributed by atoms with E-state index in [-0.39, 0.29) is 83.0 Å². The van der Waals surface area contributed by atoms with Crippen molar-refractivity contribution in [3.05, 3.63) is 53.1 Å². The summed E-state index contributed by atoms with van der Waals surface area (Å²) in [6.45, 7) is 6.87. The topological polar surface area (TPSA) is 125 Å². The molecule has 2 saturated heterocycles. The van der Waals surface area contributed by atoms with E-state index in [1.165, 1.54) is 31.4 Å². The van der Waals surface area contributed by atoms with Gasteiger partial charge >= 0.3 is 24.2 Å². The molecule has 3 heterocycles. The van der Waals surface area contributed by atoms with E-state index in [9.17, 15) is 22.8 Å². The molecule has 12 nitrogen and oxygen atoms in total. The lowest BCUT2D eigenvalue weighted by Crippen LogP contribution is -2.57. The minimum atomic E-state index is -4.77. The summed E-state index contributed by atoms with van der Waals surface area (Å²) >= 11 is 0. The van der Waals surface area contributed by atoms with Crippen LogP contribution >= 0.6 is 0 Å². The molecule has 1 aromatic heterocycles. The zero-order valence-corrected chi connectivity index (χ0v) is 32.6. The second-order valence-electron chi connectivity index (χ2n) is 15.0. The Morgan fingerprint density at radius 3 is 2.33 bits per heavy atom. The Morgan fingerprint density at radius 1 is 0.982 bits per heavy atom. The van der Waals surface area contributed by atoms with Crippen LogP contribution in [0.1, 0.15) is 62.9 Å².